The summed E-state index contributed by atoms with van der Waals surface area (Å²) in [5, 5.41) is 3.96. The molecule has 5 heteroatoms. The van der Waals surface area contributed by atoms with Crippen LogP contribution in [0.4, 0.5) is 0 Å². The topological polar surface area (TPSA) is 21.8 Å². The van der Waals surface area contributed by atoms with Gasteiger partial charge in [-0.05, 0) is 12.8 Å². The van der Waals surface area contributed by atoms with E-state index in [0.717, 1.165) is 0 Å². The zero-order valence-electron chi connectivity index (χ0n) is 12.4. The van der Waals surface area contributed by atoms with Crippen molar-refractivity contribution in [3.8, 4) is 0 Å². The van der Waals surface area contributed by atoms with Crippen LogP contribution >= 0.6 is 7.87 Å². The highest BCUT2D eigenvalue weighted by Crippen LogP contribution is 2.60. The lowest BCUT2D eigenvalue weighted by atomic mass is 9.96. The summed E-state index contributed by atoms with van der Waals surface area (Å²) in [5.41, 5.74) is 0. The van der Waals surface area contributed by atoms with Gasteiger partial charge in [0.05, 0.1) is 0 Å². The Morgan fingerprint density at radius 3 is 1.53 bits per heavy atom. The Bertz CT molecular complexity index is 203. The molecule has 1 rings (SSSR count). The van der Waals surface area contributed by atoms with E-state index in [0.29, 0.717) is 6.04 Å². The van der Waals surface area contributed by atoms with Crippen LogP contribution in [0.15, 0.2) is 0 Å². The van der Waals surface area contributed by atoms with Crippen molar-refractivity contribution in [2.75, 3.05) is 42.3 Å². The number of hydrogen-bond donors (Lipinski definition) is 1. The molecule has 0 bridgehead atoms. The number of hydrogen-bond acceptors (Lipinski definition) is 4. The predicted octanol–water partition coefficient (Wildman–Crippen LogP) is 2.27. The van der Waals surface area contributed by atoms with Crippen LogP contribution in [-0.4, -0.2) is 62.3 Å². The van der Waals surface area contributed by atoms with Gasteiger partial charge in [0, 0.05) is 48.3 Å². The highest BCUT2D eigenvalue weighted by atomic mass is 31.2. The van der Waals surface area contributed by atoms with E-state index in [1.807, 2.05) is 0 Å². The normalized spacial score (nSPS) is 19.6. The SMILES string of the molecule is CN(C)[P+](NC1CCCCC1)(N(C)C)N(C)C. The molecule has 0 radical (unpaired) electrons. The van der Waals surface area contributed by atoms with Gasteiger partial charge in [0.25, 0.3) is 0 Å². The van der Waals surface area contributed by atoms with Gasteiger partial charge in [0.15, 0.2) is 0 Å². The van der Waals surface area contributed by atoms with Crippen molar-refractivity contribution < 1.29 is 0 Å². The monoisotopic (exact) mass is 261 g/mol. The molecule has 0 atom stereocenters. The number of nitrogens with zero attached hydrogens (tertiary/aromatic N) is 3. The molecule has 0 heterocycles. The molecule has 17 heavy (non-hydrogen) atoms. The van der Waals surface area contributed by atoms with Gasteiger partial charge in [-0.2, -0.15) is 0 Å². The van der Waals surface area contributed by atoms with Gasteiger partial charge in [-0.25, -0.2) is 0 Å². The summed E-state index contributed by atoms with van der Waals surface area (Å²) < 4.78 is 7.09. The molecular weight excluding hydrogens is 231 g/mol. The highest BCUT2D eigenvalue weighted by molar-refractivity contribution is 7.66. The second kappa shape index (κ2) is 6.44. The van der Waals surface area contributed by atoms with E-state index < -0.39 is 7.87 Å². The summed E-state index contributed by atoms with van der Waals surface area (Å²) in [6.45, 7) is 0. The maximum atomic E-state index is 3.96. The Balaban J connectivity index is 2.81. The zero-order valence-corrected chi connectivity index (χ0v) is 13.3. The molecule has 0 aromatic carbocycles. The van der Waals surface area contributed by atoms with Crippen molar-refractivity contribution in [2.24, 2.45) is 0 Å². The summed E-state index contributed by atoms with van der Waals surface area (Å²) in [7, 11) is 11.6. The minimum atomic E-state index is -1.53. The van der Waals surface area contributed by atoms with Crippen molar-refractivity contribution in [3.63, 3.8) is 0 Å². The smallest absolute Gasteiger partial charge is 0.143 e. The van der Waals surface area contributed by atoms with Gasteiger partial charge in [-0.15, -0.1) is 19.1 Å². The first-order chi connectivity index (χ1) is 7.91. The molecule has 1 saturated carbocycles. The number of rotatable bonds is 5. The van der Waals surface area contributed by atoms with Crippen LogP contribution in [0.3, 0.4) is 0 Å². The first kappa shape index (κ1) is 15.3. The van der Waals surface area contributed by atoms with Crippen molar-refractivity contribution >= 4 is 7.87 Å². The molecule has 102 valence electrons. The molecule has 0 aliphatic heterocycles. The van der Waals surface area contributed by atoms with Gasteiger partial charge < -0.3 is 0 Å². The average Bonchev–Trinajstić information content (AvgIpc) is 2.25. The van der Waals surface area contributed by atoms with Gasteiger partial charge in [0.2, 0.25) is 0 Å². The second-order valence-corrected chi connectivity index (χ2v) is 9.37. The van der Waals surface area contributed by atoms with Crippen LogP contribution in [0, 0.1) is 0 Å². The van der Waals surface area contributed by atoms with E-state index in [9.17, 15) is 0 Å². The largest absolute Gasteiger partial charge is 0.304 e. The minimum Gasteiger partial charge on any atom is -0.143 e. The quantitative estimate of drug-likeness (QED) is 0.766. The van der Waals surface area contributed by atoms with Crippen LogP contribution in [0.5, 0.6) is 0 Å². The summed E-state index contributed by atoms with van der Waals surface area (Å²) in [5.74, 6) is 0. The standard InChI is InChI=1S/C12H30N4P/c1-14(2)17(15(3)4,16(5)6)13-12-10-8-7-9-11-12/h12-13H,7-11H2,1-6H3/q+1. The molecule has 1 aliphatic carbocycles. The second-order valence-electron chi connectivity index (χ2n) is 5.57. The van der Waals surface area contributed by atoms with Gasteiger partial charge in [-0.3, -0.25) is 0 Å². The van der Waals surface area contributed by atoms with E-state index in [4.69, 9.17) is 0 Å². The zero-order chi connectivity index (χ0) is 13.1. The van der Waals surface area contributed by atoms with Gasteiger partial charge in [-0.1, -0.05) is 19.3 Å². The van der Waals surface area contributed by atoms with E-state index >= 15 is 0 Å². The van der Waals surface area contributed by atoms with Crippen molar-refractivity contribution in [1.82, 2.24) is 19.1 Å². The molecule has 0 unspecified atom stereocenters. The maximum Gasteiger partial charge on any atom is 0.304 e. The van der Waals surface area contributed by atoms with Crippen LogP contribution in [-0.2, 0) is 0 Å². The van der Waals surface area contributed by atoms with Crippen LogP contribution in [0.2, 0.25) is 0 Å². The molecule has 0 aromatic heterocycles. The summed E-state index contributed by atoms with van der Waals surface area (Å²) >= 11 is 0. The molecular formula is C12H30N4P+. The molecule has 0 amide bonds. The average molecular weight is 261 g/mol. The Hall–Kier alpha value is 0.270. The lowest BCUT2D eigenvalue weighted by molar-refractivity contribution is 0.373. The maximum absolute atomic E-state index is 3.96. The minimum absolute atomic E-state index is 0.685. The van der Waals surface area contributed by atoms with E-state index in [2.05, 4.69) is 61.4 Å². The third kappa shape index (κ3) is 3.39. The molecule has 0 aromatic rings. The lowest BCUT2D eigenvalue weighted by Gasteiger charge is -2.42. The Labute approximate surface area is 108 Å². The summed E-state index contributed by atoms with van der Waals surface area (Å²) in [6, 6.07) is 0.685. The Morgan fingerprint density at radius 2 is 1.18 bits per heavy atom. The highest BCUT2D eigenvalue weighted by Gasteiger charge is 2.49. The molecule has 4 nitrogen and oxygen atoms in total. The number of nitrogens with one attached hydrogen (secondary N) is 1. The van der Waals surface area contributed by atoms with E-state index in [1.165, 1.54) is 32.1 Å². The molecule has 0 spiro atoms. The van der Waals surface area contributed by atoms with Crippen molar-refractivity contribution in [3.05, 3.63) is 0 Å². The third-order valence-electron chi connectivity index (χ3n) is 3.63. The van der Waals surface area contributed by atoms with Gasteiger partial charge >= 0.3 is 7.87 Å². The van der Waals surface area contributed by atoms with Crippen LogP contribution in [0.1, 0.15) is 32.1 Å². The van der Waals surface area contributed by atoms with E-state index in [-0.39, 0.29) is 0 Å². The fourth-order valence-corrected chi connectivity index (χ4v) is 6.48. The molecule has 1 N–H and O–H groups in total. The fraction of sp³-hybridized carbons (Fsp3) is 1.00. The predicted molar refractivity (Wildman–Crippen MR) is 78.0 cm³/mol. The summed E-state index contributed by atoms with van der Waals surface area (Å²) in [6.07, 6.45) is 6.84. The van der Waals surface area contributed by atoms with Crippen LogP contribution < -0.4 is 5.09 Å². The molecule has 1 fully saturated rings. The van der Waals surface area contributed by atoms with Crippen molar-refractivity contribution in [2.45, 2.75) is 38.1 Å². The van der Waals surface area contributed by atoms with E-state index in [1.54, 1.807) is 0 Å². The first-order valence-corrected chi connectivity index (χ1v) is 8.26. The first-order valence-electron chi connectivity index (χ1n) is 6.61. The lowest BCUT2D eigenvalue weighted by Crippen LogP contribution is -2.48. The van der Waals surface area contributed by atoms with Crippen LogP contribution in [0.25, 0.3) is 0 Å². The summed E-state index contributed by atoms with van der Waals surface area (Å²) in [4.78, 5) is 0. The molecule has 0 saturated heterocycles. The Kier molecular flexibility index (Phi) is 5.81. The third-order valence-corrected chi connectivity index (χ3v) is 7.69. The van der Waals surface area contributed by atoms with Crippen molar-refractivity contribution in [1.29, 1.82) is 0 Å². The van der Waals surface area contributed by atoms with Gasteiger partial charge in [0.1, 0.15) is 0 Å². The fourth-order valence-electron chi connectivity index (χ4n) is 2.90. The molecule has 1 aliphatic rings. The Morgan fingerprint density at radius 1 is 0.765 bits per heavy atom.